The van der Waals surface area contributed by atoms with Crippen LogP contribution in [0.15, 0.2) is 42.6 Å². The van der Waals surface area contributed by atoms with E-state index in [1.165, 1.54) is 12.3 Å². The van der Waals surface area contributed by atoms with Crippen molar-refractivity contribution in [1.29, 1.82) is 0 Å². The topological polar surface area (TPSA) is 84.5 Å². The fraction of sp³-hybridized carbons (Fsp3) is 0.333. The lowest BCUT2D eigenvalue weighted by atomic mass is 10.1. The van der Waals surface area contributed by atoms with Crippen LogP contribution >= 0.6 is 0 Å². The fourth-order valence-electron chi connectivity index (χ4n) is 4.04. The van der Waals surface area contributed by atoms with Crippen LogP contribution in [0.5, 0.6) is 0 Å². The maximum Gasteiger partial charge on any atom is 0.287 e. The molecular weight excluding hydrogens is 370 g/mol. The van der Waals surface area contributed by atoms with E-state index in [-0.39, 0.29) is 11.6 Å². The number of hydrogen-bond donors (Lipinski definition) is 0. The number of amides is 1. The van der Waals surface area contributed by atoms with E-state index in [1.807, 2.05) is 24.0 Å². The van der Waals surface area contributed by atoms with E-state index in [4.69, 9.17) is 0 Å². The van der Waals surface area contributed by atoms with Crippen molar-refractivity contribution in [3.63, 3.8) is 0 Å². The number of nitro groups is 1. The molecular formula is C21H23N5O3. The van der Waals surface area contributed by atoms with Crippen molar-refractivity contribution in [2.45, 2.75) is 20.4 Å². The lowest BCUT2D eigenvalue weighted by molar-refractivity contribution is -0.385. The minimum atomic E-state index is -0.456. The van der Waals surface area contributed by atoms with Crippen molar-refractivity contribution in [3.05, 3.63) is 64.0 Å². The average Bonchev–Trinajstić information content (AvgIpc) is 3.05. The van der Waals surface area contributed by atoms with Gasteiger partial charge in [-0.2, -0.15) is 0 Å². The van der Waals surface area contributed by atoms with Gasteiger partial charge in [0, 0.05) is 49.7 Å². The Bertz CT molecular complexity index is 1070. The standard InChI is InChI=1S/C21H23N5O3/c1-3-25-18-7-5-4-6-17(18)15(2)20(25)21(27)24-12-10-23(11-13-24)19-9-8-16(14-22-19)26(28)29/h4-9,14H,3,10-13H2,1-2H3. The Hall–Kier alpha value is -3.42. The van der Waals surface area contributed by atoms with Gasteiger partial charge in [0.05, 0.1) is 4.92 Å². The molecule has 3 heterocycles. The van der Waals surface area contributed by atoms with Gasteiger partial charge >= 0.3 is 0 Å². The molecule has 0 aliphatic carbocycles. The van der Waals surface area contributed by atoms with Crippen LogP contribution in [0.3, 0.4) is 0 Å². The number of para-hydroxylation sites is 1. The first-order chi connectivity index (χ1) is 14.0. The number of piperazine rings is 1. The Morgan fingerprint density at radius 1 is 1.14 bits per heavy atom. The molecule has 0 radical (unpaired) electrons. The normalized spacial score (nSPS) is 14.4. The van der Waals surface area contributed by atoms with Crippen molar-refractivity contribution in [3.8, 4) is 0 Å². The summed E-state index contributed by atoms with van der Waals surface area (Å²) in [4.78, 5) is 31.8. The van der Waals surface area contributed by atoms with Gasteiger partial charge in [-0.1, -0.05) is 18.2 Å². The van der Waals surface area contributed by atoms with Gasteiger partial charge in [0.25, 0.3) is 11.6 Å². The summed E-state index contributed by atoms with van der Waals surface area (Å²) in [6.07, 6.45) is 1.27. The summed E-state index contributed by atoms with van der Waals surface area (Å²) in [5, 5.41) is 11.9. The molecule has 8 heteroatoms. The van der Waals surface area contributed by atoms with Gasteiger partial charge in [-0.25, -0.2) is 4.98 Å². The molecule has 1 fully saturated rings. The van der Waals surface area contributed by atoms with Gasteiger partial charge in [-0.15, -0.1) is 0 Å². The summed E-state index contributed by atoms with van der Waals surface area (Å²) in [5.74, 6) is 0.749. The first-order valence-electron chi connectivity index (χ1n) is 9.73. The summed E-state index contributed by atoms with van der Waals surface area (Å²) < 4.78 is 2.09. The highest BCUT2D eigenvalue weighted by atomic mass is 16.6. The molecule has 1 saturated heterocycles. The van der Waals surface area contributed by atoms with Gasteiger partial charge in [-0.05, 0) is 31.5 Å². The summed E-state index contributed by atoms with van der Waals surface area (Å²) in [6.45, 7) is 7.26. The maximum absolute atomic E-state index is 13.3. The summed E-state index contributed by atoms with van der Waals surface area (Å²) in [6, 6.07) is 11.2. The lowest BCUT2D eigenvalue weighted by Gasteiger charge is -2.35. The number of pyridine rings is 1. The second kappa shape index (κ2) is 7.54. The first-order valence-corrected chi connectivity index (χ1v) is 9.73. The molecule has 0 unspecified atom stereocenters. The predicted octanol–water partition coefficient (Wildman–Crippen LogP) is 3.24. The van der Waals surface area contributed by atoms with E-state index in [1.54, 1.807) is 6.07 Å². The zero-order chi connectivity index (χ0) is 20.5. The van der Waals surface area contributed by atoms with E-state index in [0.29, 0.717) is 32.0 Å². The van der Waals surface area contributed by atoms with Crippen LogP contribution in [0.4, 0.5) is 11.5 Å². The quantitative estimate of drug-likeness (QED) is 0.502. The SMILES string of the molecule is CCn1c(C(=O)N2CCN(c3ccc([N+](=O)[O-])cn3)CC2)c(C)c2ccccc21. The third-order valence-corrected chi connectivity index (χ3v) is 5.58. The molecule has 8 nitrogen and oxygen atoms in total. The molecule has 3 aromatic rings. The van der Waals surface area contributed by atoms with Crippen LogP contribution in [-0.2, 0) is 6.54 Å². The van der Waals surface area contributed by atoms with Crippen LogP contribution in [0.2, 0.25) is 0 Å². The molecule has 150 valence electrons. The van der Waals surface area contributed by atoms with Crippen molar-refractivity contribution in [2.24, 2.45) is 0 Å². The van der Waals surface area contributed by atoms with Crippen molar-refractivity contribution in [2.75, 3.05) is 31.1 Å². The Morgan fingerprint density at radius 3 is 2.48 bits per heavy atom. The number of carbonyl (C=O) groups excluding carboxylic acids is 1. The molecule has 0 bridgehead atoms. The van der Waals surface area contributed by atoms with Crippen LogP contribution in [0.25, 0.3) is 10.9 Å². The van der Waals surface area contributed by atoms with E-state index < -0.39 is 4.92 Å². The monoisotopic (exact) mass is 393 g/mol. The second-order valence-electron chi connectivity index (χ2n) is 7.15. The predicted molar refractivity (Wildman–Crippen MR) is 111 cm³/mol. The number of benzene rings is 1. The number of aryl methyl sites for hydroxylation is 2. The molecule has 0 spiro atoms. The summed E-state index contributed by atoms with van der Waals surface area (Å²) in [7, 11) is 0. The third kappa shape index (κ3) is 3.30. The zero-order valence-corrected chi connectivity index (χ0v) is 16.5. The second-order valence-corrected chi connectivity index (χ2v) is 7.15. The first kappa shape index (κ1) is 18.9. The van der Waals surface area contributed by atoms with Crippen LogP contribution in [-0.4, -0.2) is 51.5 Å². The number of rotatable bonds is 4. The number of aromatic nitrogens is 2. The molecule has 0 N–H and O–H groups in total. The van der Waals surface area contributed by atoms with E-state index in [0.717, 1.165) is 28.7 Å². The van der Waals surface area contributed by atoms with Gasteiger partial charge in [0.1, 0.15) is 17.7 Å². The Kier molecular flexibility index (Phi) is 4.92. The highest BCUT2D eigenvalue weighted by Gasteiger charge is 2.27. The van der Waals surface area contributed by atoms with Gasteiger partial charge in [0.2, 0.25) is 0 Å². The van der Waals surface area contributed by atoms with Crippen LogP contribution in [0, 0.1) is 17.0 Å². The largest absolute Gasteiger partial charge is 0.353 e. The van der Waals surface area contributed by atoms with Crippen LogP contribution in [0.1, 0.15) is 23.0 Å². The zero-order valence-electron chi connectivity index (χ0n) is 16.5. The van der Waals surface area contributed by atoms with Crippen LogP contribution < -0.4 is 4.90 Å². The molecule has 4 rings (SSSR count). The lowest BCUT2D eigenvalue weighted by Crippen LogP contribution is -2.49. The minimum absolute atomic E-state index is 0.0227. The third-order valence-electron chi connectivity index (χ3n) is 5.58. The Morgan fingerprint density at radius 2 is 1.86 bits per heavy atom. The maximum atomic E-state index is 13.3. The van der Waals surface area contributed by atoms with Gasteiger partial charge in [-0.3, -0.25) is 14.9 Å². The highest BCUT2D eigenvalue weighted by molar-refractivity contribution is 6.01. The van der Waals surface area contributed by atoms with Crippen molar-refractivity contribution >= 4 is 28.3 Å². The smallest absolute Gasteiger partial charge is 0.287 e. The molecule has 1 amide bonds. The molecule has 2 aromatic heterocycles. The summed E-state index contributed by atoms with van der Waals surface area (Å²) in [5.41, 5.74) is 2.84. The molecule has 29 heavy (non-hydrogen) atoms. The number of nitrogens with zero attached hydrogens (tertiary/aromatic N) is 5. The highest BCUT2D eigenvalue weighted by Crippen LogP contribution is 2.27. The molecule has 0 saturated carbocycles. The van der Waals surface area contributed by atoms with E-state index in [2.05, 4.69) is 33.5 Å². The summed E-state index contributed by atoms with van der Waals surface area (Å²) >= 11 is 0. The number of carbonyl (C=O) groups is 1. The minimum Gasteiger partial charge on any atom is -0.353 e. The Balaban J connectivity index is 1.52. The number of fused-ring (bicyclic) bond motifs is 1. The van der Waals surface area contributed by atoms with E-state index >= 15 is 0 Å². The Labute approximate surface area is 168 Å². The van der Waals surface area contributed by atoms with Crippen molar-refractivity contribution < 1.29 is 9.72 Å². The molecule has 0 atom stereocenters. The van der Waals surface area contributed by atoms with Gasteiger partial charge < -0.3 is 14.4 Å². The number of anilines is 1. The fourth-order valence-corrected chi connectivity index (χ4v) is 4.04. The average molecular weight is 393 g/mol. The molecule has 1 aromatic carbocycles. The number of hydrogen-bond acceptors (Lipinski definition) is 5. The van der Waals surface area contributed by atoms with E-state index in [9.17, 15) is 14.9 Å². The molecule has 1 aliphatic rings. The van der Waals surface area contributed by atoms with Gasteiger partial charge in [0.15, 0.2) is 0 Å². The molecule has 1 aliphatic heterocycles. The van der Waals surface area contributed by atoms with Crippen molar-refractivity contribution in [1.82, 2.24) is 14.5 Å².